The molecule has 1 aliphatic heterocycles. The number of hydrogen-bond acceptors (Lipinski definition) is 8. The number of imidazole rings is 1. The molecule has 46 heavy (non-hydrogen) atoms. The van der Waals surface area contributed by atoms with Crippen LogP contribution in [-0.4, -0.2) is 64.4 Å². The second kappa shape index (κ2) is 11.9. The van der Waals surface area contributed by atoms with Crippen molar-refractivity contribution in [2.24, 2.45) is 0 Å². The number of rotatable bonds is 9. The molecule has 5 aromatic heterocycles. The number of nitrogens with one attached hydrogen (secondary N) is 3. The van der Waals surface area contributed by atoms with E-state index in [2.05, 4.69) is 65.5 Å². The van der Waals surface area contributed by atoms with Crippen molar-refractivity contribution in [3.63, 3.8) is 0 Å². The number of H-pyrrole nitrogens is 2. The molecule has 0 saturated carbocycles. The smallest absolute Gasteiger partial charge is 0.364 e. The van der Waals surface area contributed by atoms with Gasteiger partial charge in [0.2, 0.25) is 0 Å². The van der Waals surface area contributed by atoms with Crippen molar-refractivity contribution in [3.8, 4) is 6.07 Å². The summed E-state index contributed by atoms with van der Waals surface area (Å²) in [6.07, 6.45) is 5.48. The number of alkyl halides is 3. The van der Waals surface area contributed by atoms with Crippen molar-refractivity contribution in [1.29, 1.82) is 5.26 Å². The lowest BCUT2D eigenvalue weighted by atomic mass is 9.83. The normalized spacial score (nSPS) is 15.5. The largest absolute Gasteiger partial charge is 0.393 e. The van der Waals surface area contributed by atoms with Crippen molar-refractivity contribution in [2.45, 2.75) is 57.4 Å². The van der Waals surface area contributed by atoms with E-state index in [1.165, 1.54) is 11.9 Å². The molecule has 0 spiro atoms. The average molecular weight is 645 g/mol. The molecule has 14 heteroatoms. The molecule has 1 fully saturated rings. The number of anilines is 1. The lowest BCUT2D eigenvalue weighted by molar-refractivity contribution is -0.126. The summed E-state index contributed by atoms with van der Waals surface area (Å²) in [4.78, 5) is 19.4. The minimum atomic E-state index is -4.29. The first-order chi connectivity index (χ1) is 22.2. The molecule has 7 rings (SSSR count). The summed E-state index contributed by atoms with van der Waals surface area (Å²) in [6.45, 7) is 5.04. The Hall–Kier alpha value is -4.74. The fraction of sp³-hybridized carbons (Fsp3) is 0.344. The highest BCUT2D eigenvalue weighted by Gasteiger charge is 2.37. The Morgan fingerprint density at radius 3 is 2.65 bits per heavy atom. The standard InChI is InChI=1S/C32H31F3N10S/c1-20-22(2-3-28-26(20)8-24(12-36)45(28)16-21-13-41-42-14-21)17-44-6-4-31(5-7-44,10-23-15-37-18-38-23)43-29-27-9-25(11-32(33,34)35)46-30(27)40-19-39-29/h2-3,8-9,13-15,18-19H,4-7,10-11,16-17H2,1H3,(H,37,38)(H,41,42)(H,39,40,43). The molecule has 0 atom stereocenters. The summed E-state index contributed by atoms with van der Waals surface area (Å²) >= 11 is 1.05. The zero-order chi connectivity index (χ0) is 31.9. The Morgan fingerprint density at radius 1 is 1.09 bits per heavy atom. The summed E-state index contributed by atoms with van der Waals surface area (Å²) in [5.74, 6) is 0.549. The van der Waals surface area contributed by atoms with Crippen molar-refractivity contribution >= 4 is 38.3 Å². The monoisotopic (exact) mass is 644 g/mol. The number of fused-ring (bicyclic) bond motifs is 2. The molecular formula is C32H31F3N10S. The van der Waals surface area contributed by atoms with Crippen LogP contribution >= 0.6 is 11.3 Å². The van der Waals surface area contributed by atoms with Gasteiger partial charge in [-0.3, -0.25) is 10.00 Å². The van der Waals surface area contributed by atoms with Gasteiger partial charge in [0, 0.05) is 65.3 Å². The van der Waals surface area contributed by atoms with Crippen molar-refractivity contribution in [3.05, 3.63) is 88.5 Å². The molecule has 0 aliphatic carbocycles. The van der Waals surface area contributed by atoms with Gasteiger partial charge in [0.05, 0.1) is 36.6 Å². The van der Waals surface area contributed by atoms with Crippen LogP contribution in [0.3, 0.4) is 0 Å². The predicted molar refractivity (Wildman–Crippen MR) is 169 cm³/mol. The van der Waals surface area contributed by atoms with Crippen LogP contribution in [0.2, 0.25) is 0 Å². The van der Waals surface area contributed by atoms with Gasteiger partial charge in [-0.05, 0) is 49.1 Å². The van der Waals surface area contributed by atoms with E-state index in [1.807, 2.05) is 23.0 Å². The van der Waals surface area contributed by atoms with Crippen LogP contribution in [0, 0.1) is 18.3 Å². The Morgan fingerprint density at radius 2 is 1.93 bits per heavy atom. The van der Waals surface area contributed by atoms with E-state index in [-0.39, 0.29) is 4.88 Å². The van der Waals surface area contributed by atoms with Crippen LogP contribution in [0.15, 0.2) is 55.5 Å². The molecule has 0 unspecified atom stereocenters. The quantitative estimate of drug-likeness (QED) is 0.173. The van der Waals surface area contributed by atoms with E-state index in [4.69, 9.17) is 0 Å². The van der Waals surface area contributed by atoms with Crippen molar-refractivity contribution < 1.29 is 13.2 Å². The van der Waals surface area contributed by atoms with Gasteiger partial charge >= 0.3 is 6.18 Å². The van der Waals surface area contributed by atoms with E-state index < -0.39 is 18.1 Å². The topological polar surface area (TPSA) is 127 Å². The number of nitrogens with zero attached hydrogens (tertiary/aromatic N) is 7. The number of nitriles is 1. The van der Waals surface area contributed by atoms with Gasteiger partial charge in [-0.15, -0.1) is 11.3 Å². The summed E-state index contributed by atoms with van der Waals surface area (Å²) in [5, 5.41) is 22.1. The molecule has 0 amide bonds. The molecular weight excluding hydrogens is 613 g/mol. The van der Waals surface area contributed by atoms with Crippen LogP contribution in [0.5, 0.6) is 0 Å². The highest BCUT2D eigenvalue weighted by atomic mass is 32.1. The third kappa shape index (κ3) is 6.08. The SMILES string of the molecule is Cc1c(CN2CCC(Cc3c[nH]cn3)(Nc3ncnc4sc(CC(F)(F)F)cc34)CC2)ccc2c1cc(C#N)n2Cc1cn[nH]c1. The first-order valence-corrected chi connectivity index (χ1v) is 15.8. The second-order valence-electron chi connectivity index (χ2n) is 12.0. The van der Waals surface area contributed by atoms with E-state index in [0.29, 0.717) is 34.7 Å². The van der Waals surface area contributed by atoms with Gasteiger partial charge in [-0.2, -0.15) is 23.5 Å². The van der Waals surface area contributed by atoms with Crippen LogP contribution in [0.4, 0.5) is 19.0 Å². The molecule has 1 aromatic carbocycles. The maximum Gasteiger partial charge on any atom is 0.393 e. The van der Waals surface area contributed by atoms with E-state index in [1.54, 1.807) is 18.6 Å². The van der Waals surface area contributed by atoms with Crippen molar-refractivity contribution in [1.82, 2.24) is 39.6 Å². The van der Waals surface area contributed by atoms with Crippen LogP contribution < -0.4 is 5.32 Å². The van der Waals surface area contributed by atoms with Gasteiger partial charge < -0.3 is 14.9 Å². The highest BCUT2D eigenvalue weighted by Crippen LogP contribution is 2.37. The molecule has 0 radical (unpaired) electrons. The number of piperidine rings is 1. The predicted octanol–water partition coefficient (Wildman–Crippen LogP) is 6.11. The van der Waals surface area contributed by atoms with Crippen molar-refractivity contribution in [2.75, 3.05) is 18.4 Å². The maximum absolute atomic E-state index is 13.1. The molecule has 10 nitrogen and oxygen atoms in total. The van der Waals surface area contributed by atoms with Gasteiger partial charge in [0.1, 0.15) is 28.7 Å². The fourth-order valence-electron chi connectivity index (χ4n) is 6.50. The van der Waals surface area contributed by atoms with E-state index in [0.717, 1.165) is 71.5 Å². The Balaban J connectivity index is 1.11. The number of halogens is 3. The second-order valence-corrected chi connectivity index (χ2v) is 13.1. The summed E-state index contributed by atoms with van der Waals surface area (Å²) in [5.41, 5.74) is 5.49. The molecule has 6 heterocycles. The van der Waals surface area contributed by atoms with Crippen LogP contribution in [-0.2, 0) is 25.9 Å². The summed E-state index contributed by atoms with van der Waals surface area (Å²) in [6, 6.07) is 10.1. The maximum atomic E-state index is 13.1. The Bertz CT molecular complexity index is 2010. The molecule has 1 saturated heterocycles. The number of aryl methyl sites for hydroxylation is 1. The lowest BCUT2D eigenvalue weighted by Crippen LogP contribution is -2.50. The zero-order valence-electron chi connectivity index (χ0n) is 25.0. The number of likely N-dealkylation sites (tertiary alicyclic amines) is 1. The minimum Gasteiger partial charge on any atom is -0.364 e. The highest BCUT2D eigenvalue weighted by molar-refractivity contribution is 7.18. The van der Waals surface area contributed by atoms with Gasteiger partial charge in [-0.25, -0.2) is 15.0 Å². The van der Waals surface area contributed by atoms with Crippen LogP contribution in [0.1, 0.15) is 45.8 Å². The number of aromatic nitrogens is 7. The molecule has 0 bridgehead atoms. The molecule has 6 aromatic rings. The third-order valence-corrected chi connectivity index (χ3v) is 9.94. The first kappa shape index (κ1) is 29.9. The lowest BCUT2D eigenvalue weighted by Gasteiger charge is -2.43. The number of thiophene rings is 1. The summed E-state index contributed by atoms with van der Waals surface area (Å²) < 4.78 is 41.4. The van der Waals surface area contributed by atoms with Crippen LogP contribution in [0.25, 0.3) is 21.1 Å². The van der Waals surface area contributed by atoms with Gasteiger partial charge in [0.25, 0.3) is 0 Å². The fourth-order valence-corrected chi connectivity index (χ4v) is 7.53. The minimum absolute atomic E-state index is 0.216. The number of aromatic amines is 2. The first-order valence-electron chi connectivity index (χ1n) is 15.0. The molecule has 3 N–H and O–H groups in total. The van der Waals surface area contributed by atoms with Gasteiger partial charge in [-0.1, -0.05) is 6.07 Å². The Kier molecular flexibility index (Phi) is 7.74. The average Bonchev–Trinajstić information content (AvgIpc) is 3.84. The molecule has 236 valence electrons. The van der Waals surface area contributed by atoms with Gasteiger partial charge in [0.15, 0.2) is 0 Å². The third-order valence-electron chi connectivity index (χ3n) is 8.90. The summed E-state index contributed by atoms with van der Waals surface area (Å²) in [7, 11) is 0. The molecule has 1 aliphatic rings. The van der Waals surface area contributed by atoms with E-state index in [9.17, 15) is 18.4 Å². The zero-order valence-corrected chi connectivity index (χ0v) is 25.8. The number of hydrogen-bond donors (Lipinski definition) is 3. The van der Waals surface area contributed by atoms with E-state index >= 15 is 0 Å². The number of benzene rings is 1. The Labute approximate surface area is 266 Å².